The first-order valence-electron chi connectivity index (χ1n) is 10.8. The molecule has 0 unspecified atom stereocenters. The lowest BCUT2D eigenvalue weighted by atomic mass is 9.99. The Morgan fingerprint density at radius 1 is 1.12 bits per heavy atom. The van der Waals surface area contributed by atoms with Crippen LogP contribution in [-0.4, -0.2) is 22.5 Å². The Morgan fingerprint density at radius 3 is 2.70 bits per heavy atom. The molecule has 0 saturated heterocycles. The van der Waals surface area contributed by atoms with Crippen LogP contribution >= 0.6 is 0 Å². The van der Waals surface area contributed by atoms with Crippen molar-refractivity contribution in [3.63, 3.8) is 0 Å². The zero-order chi connectivity index (χ0) is 22.8. The highest BCUT2D eigenvalue weighted by atomic mass is 16.5. The number of carbonyl (C=O) groups excluding carboxylic acids is 1. The largest absolute Gasteiger partial charge is 0.493 e. The van der Waals surface area contributed by atoms with Crippen LogP contribution in [0.1, 0.15) is 19.4 Å². The van der Waals surface area contributed by atoms with Gasteiger partial charge in [-0.25, -0.2) is 4.98 Å². The van der Waals surface area contributed by atoms with Crippen LogP contribution in [0, 0.1) is 0 Å². The fourth-order valence-electron chi connectivity index (χ4n) is 3.92. The SMILES string of the molecule is CCOc1cc2occ(-c3ccccc3)c2cc1/C(C)=C/C(=O)Nc1nc2ccccc2[nH]1. The van der Waals surface area contributed by atoms with E-state index in [0.717, 1.165) is 44.3 Å². The van der Waals surface area contributed by atoms with Crippen LogP contribution in [0.25, 0.3) is 38.7 Å². The maximum absolute atomic E-state index is 12.7. The van der Waals surface area contributed by atoms with Crippen molar-refractivity contribution in [1.29, 1.82) is 0 Å². The Morgan fingerprint density at radius 2 is 1.91 bits per heavy atom. The second-order valence-electron chi connectivity index (χ2n) is 7.71. The summed E-state index contributed by atoms with van der Waals surface area (Å²) in [6.45, 7) is 4.33. The van der Waals surface area contributed by atoms with E-state index in [1.54, 1.807) is 12.3 Å². The minimum atomic E-state index is -0.274. The number of H-pyrrole nitrogens is 1. The average Bonchev–Trinajstić information content (AvgIpc) is 3.42. The fourth-order valence-corrected chi connectivity index (χ4v) is 3.92. The molecule has 5 aromatic rings. The van der Waals surface area contributed by atoms with Gasteiger partial charge < -0.3 is 14.1 Å². The van der Waals surface area contributed by atoms with Crippen molar-refractivity contribution in [2.24, 2.45) is 0 Å². The van der Waals surface area contributed by atoms with Crippen LogP contribution in [0.15, 0.2) is 83.5 Å². The summed E-state index contributed by atoms with van der Waals surface area (Å²) >= 11 is 0. The van der Waals surface area contributed by atoms with E-state index in [0.29, 0.717) is 18.3 Å². The lowest BCUT2D eigenvalue weighted by molar-refractivity contribution is -0.111. The number of hydrogen-bond acceptors (Lipinski definition) is 4. The molecule has 0 spiro atoms. The number of para-hydroxylation sites is 2. The first-order valence-corrected chi connectivity index (χ1v) is 10.8. The van der Waals surface area contributed by atoms with Crippen molar-refractivity contribution in [2.45, 2.75) is 13.8 Å². The molecule has 6 heteroatoms. The number of nitrogens with one attached hydrogen (secondary N) is 2. The minimum Gasteiger partial charge on any atom is -0.493 e. The van der Waals surface area contributed by atoms with E-state index in [2.05, 4.69) is 15.3 Å². The summed E-state index contributed by atoms with van der Waals surface area (Å²) in [7, 11) is 0. The molecule has 0 aliphatic rings. The quantitative estimate of drug-likeness (QED) is 0.301. The van der Waals surface area contributed by atoms with Gasteiger partial charge in [0.25, 0.3) is 5.91 Å². The first kappa shape index (κ1) is 20.6. The predicted octanol–water partition coefficient (Wildman–Crippen LogP) is 6.42. The molecule has 0 atom stereocenters. The van der Waals surface area contributed by atoms with Gasteiger partial charge in [0.15, 0.2) is 0 Å². The molecule has 0 saturated carbocycles. The lowest BCUT2D eigenvalue weighted by Crippen LogP contribution is -2.10. The Bertz CT molecular complexity index is 1450. The molecule has 2 aromatic heterocycles. The van der Waals surface area contributed by atoms with E-state index in [9.17, 15) is 4.79 Å². The number of carbonyl (C=O) groups is 1. The molecule has 0 aliphatic carbocycles. The third-order valence-corrected chi connectivity index (χ3v) is 5.46. The third-order valence-electron chi connectivity index (χ3n) is 5.46. The number of aromatic nitrogens is 2. The van der Waals surface area contributed by atoms with E-state index < -0.39 is 0 Å². The van der Waals surface area contributed by atoms with Crippen LogP contribution in [0.3, 0.4) is 0 Å². The van der Waals surface area contributed by atoms with Gasteiger partial charge in [-0.05, 0) is 43.2 Å². The normalized spacial score (nSPS) is 11.8. The van der Waals surface area contributed by atoms with Gasteiger partial charge in [0.05, 0.1) is 23.9 Å². The van der Waals surface area contributed by atoms with E-state index in [4.69, 9.17) is 9.15 Å². The zero-order valence-electron chi connectivity index (χ0n) is 18.4. The van der Waals surface area contributed by atoms with E-state index in [1.165, 1.54) is 0 Å². The first-order chi connectivity index (χ1) is 16.1. The topological polar surface area (TPSA) is 80.2 Å². The number of benzene rings is 3. The number of ether oxygens (including phenoxy) is 1. The molecule has 0 fully saturated rings. The van der Waals surface area contributed by atoms with Crippen LogP contribution in [-0.2, 0) is 4.79 Å². The van der Waals surface area contributed by atoms with E-state index in [-0.39, 0.29) is 5.91 Å². The molecule has 3 aromatic carbocycles. The number of hydrogen-bond donors (Lipinski definition) is 2. The van der Waals surface area contributed by atoms with Crippen molar-refractivity contribution in [1.82, 2.24) is 9.97 Å². The highest BCUT2D eigenvalue weighted by Gasteiger charge is 2.15. The second kappa shape index (κ2) is 8.67. The van der Waals surface area contributed by atoms with Gasteiger partial charge in [-0.3, -0.25) is 10.1 Å². The number of rotatable bonds is 6. The number of anilines is 1. The Kier molecular flexibility index (Phi) is 5.40. The maximum Gasteiger partial charge on any atom is 0.250 e. The molecule has 5 rings (SSSR count). The lowest BCUT2D eigenvalue weighted by Gasteiger charge is -2.11. The van der Waals surface area contributed by atoms with E-state index in [1.807, 2.05) is 80.6 Å². The molecule has 164 valence electrons. The van der Waals surface area contributed by atoms with Crippen molar-refractivity contribution in [3.05, 3.63) is 84.6 Å². The number of allylic oxidation sites excluding steroid dienone is 1. The van der Waals surface area contributed by atoms with Crippen LogP contribution in [0.4, 0.5) is 5.95 Å². The maximum atomic E-state index is 12.7. The van der Waals surface area contributed by atoms with Gasteiger partial charge in [-0.15, -0.1) is 0 Å². The van der Waals surface area contributed by atoms with Gasteiger partial charge >= 0.3 is 0 Å². The van der Waals surface area contributed by atoms with Crippen LogP contribution in [0.2, 0.25) is 0 Å². The summed E-state index contributed by atoms with van der Waals surface area (Å²) in [4.78, 5) is 20.3. The van der Waals surface area contributed by atoms with E-state index >= 15 is 0 Å². The summed E-state index contributed by atoms with van der Waals surface area (Å²) in [6, 6.07) is 21.6. The zero-order valence-corrected chi connectivity index (χ0v) is 18.4. The summed E-state index contributed by atoms with van der Waals surface area (Å²) in [5.41, 5.74) is 6.07. The summed E-state index contributed by atoms with van der Waals surface area (Å²) in [6.07, 6.45) is 3.31. The number of nitrogens with zero attached hydrogens (tertiary/aromatic N) is 1. The standard InChI is InChI=1S/C27H23N3O3/c1-3-32-24-15-25-20(21(16-33-25)18-9-5-4-6-10-18)14-19(24)17(2)13-26(31)30-27-28-22-11-7-8-12-23(22)29-27/h4-16H,3H2,1-2H3,(H2,28,29,30,31)/b17-13+. The average molecular weight is 437 g/mol. The molecule has 1 amide bonds. The Hall–Kier alpha value is -4.32. The molecule has 33 heavy (non-hydrogen) atoms. The number of aromatic amines is 1. The molecular formula is C27H23N3O3. The Labute approximate surface area is 190 Å². The number of fused-ring (bicyclic) bond motifs is 2. The highest BCUT2D eigenvalue weighted by Crippen LogP contribution is 2.37. The molecule has 2 heterocycles. The monoisotopic (exact) mass is 437 g/mol. The van der Waals surface area contributed by atoms with Gasteiger partial charge in [-0.2, -0.15) is 0 Å². The Balaban J connectivity index is 1.50. The molecule has 6 nitrogen and oxygen atoms in total. The number of amides is 1. The van der Waals surface area contributed by atoms with Gasteiger partial charge in [0, 0.05) is 28.7 Å². The fraction of sp³-hybridized carbons (Fsp3) is 0.111. The number of furan rings is 1. The van der Waals surface area contributed by atoms with Crippen LogP contribution < -0.4 is 10.1 Å². The summed E-state index contributed by atoms with van der Waals surface area (Å²) in [5.74, 6) is 0.806. The van der Waals surface area contributed by atoms with Gasteiger partial charge in [0.2, 0.25) is 5.95 Å². The van der Waals surface area contributed by atoms with Gasteiger partial charge in [-0.1, -0.05) is 42.5 Å². The summed E-state index contributed by atoms with van der Waals surface area (Å²) in [5, 5.41) is 3.77. The minimum absolute atomic E-state index is 0.274. The van der Waals surface area contributed by atoms with Crippen molar-refractivity contribution in [3.8, 4) is 16.9 Å². The third kappa shape index (κ3) is 4.11. The van der Waals surface area contributed by atoms with Crippen LogP contribution in [0.5, 0.6) is 5.75 Å². The molecule has 2 N–H and O–H groups in total. The predicted molar refractivity (Wildman–Crippen MR) is 131 cm³/mol. The smallest absolute Gasteiger partial charge is 0.250 e. The molecule has 0 bridgehead atoms. The number of imidazole rings is 1. The summed E-state index contributed by atoms with van der Waals surface area (Å²) < 4.78 is 11.7. The second-order valence-corrected chi connectivity index (χ2v) is 7.71. The van der Waals surface area contributed by atoms with Crippen molar-refractivity contribution < 1.29 is 13.9 Å². The van der Waals surface area contributed by atoms with Gasteiger partial charge in [0.1, 0.15) is 11.3 Å². The molecule has 0 radical (unpaired) electrons. The van der Waals surface area contributed by atoms with Crippen molar-refractivity contribution in [2.75, 3.05) is 11.9 Å². The van der Waals surface area contributed by atoms with Crippen molar-refractivity contribution >= 4 is 39.4 Å². The molecular weight excluding hydrogens is 414 g/mol. The highest BCUT2D eigenvalue weighted by molar-refractivity contribution is 6.05. The molecule has 0 aliphatic heterocycles.